The summed E-state index contributed by atoms with van der Waals surface area (Å²) in [4.78, 5) is 9.41. The molecule has 2 aromatic rings. The Morgan fingerprint density at radius 1 is 0.960 bits per heavy atom. The largest absolute Gasteiger partial charge is 0.366 e. The molecule has 0 aliphatic heterocycles. The van der Waals surface area contributed by atoms with E-state index in [2.05, 4.69) is 21.7 Å². The zero-order valence-corrected chi connectivity index (χ0v) is 14.5. The summed E-state index contributed by atoms with van der Waals surface area (Å²) in [5, 5.41) is 6.91. The Morgan fingerprint density at radius 3 is 2.44 bits per heavy atom. The van der Waals surface area contributed by atoms with Crippen molar-refractivity contribution < 1.29 is 4.39 Å². The van der Waals surface area contributed by atoms with Gasteiger partial charge in [0.1, 0.15) is 11.6 Å². The lowest BCUT2D eigenvalue weighted by atomic mass is 9.96. The van der Waals surface area contributed by atoms with Crippen LogP contribution < -0.4 is 10.6 Å². The van der Waals surface area contributed by atoms with E-state index in [1.165, 1.54) is 57.1 Å². The van der Waals surface area contributed by atoms with Crippen LogP contribution in [0.5, 0.6) is 0 Å². The second kappa shape index (κ2) is 7.38. The van der Waals surface area contributed by atoms with Crippen LogP contribution in [-0.2, 0) is 6.54 Å². The van der Waals surface area contributed by atoms with Crippen molar-refractivity contribution in [2.45, 2.75) is 63.5 Å². The smallest absolute Gasteiger partial charge is 0.225 e. The number of anilines is 2. The minimum Gasteiger partial charge on any atom is -0.366 e. The average molecular weight is 340 g/mol. The van der Waals surface area contributed by atoms with Crippen LogP contribution in [0.25, 0.3) is 0 Å². The van der Waals surface area contributed by atoms with E-state index in [1.807, 2.05) is 0 Å². The summed E-state index contributed by atoms with van der Waals surface area (Å²) < 4.78 is 13.0. The molecule has 4 nitrogen and oxygen atoms in total. The third-order valence-corrected chi connectivity index (χ3v) is 5.07. The Balaban J connectivity index is 1.46. The molecule has 0 unspecified atom stereocenters. The predicted octanol–water partition coefficient (Wildman–Crippen LogP) is 4.85. The van der Waals surface area contributed by atoms with Crippen molar-refractivity contribution in [1.82, 2.24) is 9.97 Å². The molecule has 0 radical (unpaired) electrons. The molecule has 1 heterocycles. The number of rotatable bonds is 6. The van der Waals surface area contributed by atoms with Crippen LogP contribution in [0.15, 0.2) is 30.3 Å². The molecule has 1 aromatic heterocycles. The summed E-state index contributed by atoms with van der Waals surface area (Å²) in [5.41, 5.74) is 2.17. The molecule has 0 saturated heterocycles. The highest BCUT2D eigenvalue weighted by molar-refractivity contribution is 5.45. The first-order valence-electron chi connectivity index (χ1n) is 9.40. The van der Waals surface area contributed by atoms with Crippen LogP contribution in [0.2, 0.25) is 0 Å². The van der Waals surface area contributed by atoms with Gasteiger partial charge in [0.15, 0.2) is 0 Å². The molecule has 2 aliphatic rings. The van der Waals surface area contributed by atoms with Gasteiger partial charge in [-0.25, -0.2) is 9.37 Å². The zero-order valence-electron chi connectivity index (χ0n) is 14.5. The number of hydrogen-bond acceptors (Lipinski definition) is 4. The van der Waals surface area contributed by atoms with Gasteiger partial charge in [-0.3, -0.25) is 0 Å². The molecule has 2 fully saturated rings. The molecular weight excluding hydrogens is 315 g/mol. The maximum absolute atomic E-state index is 13.0. The molecule has 0 amide bonds. The maximum atomic E-state index is 13.0. The fourth-order valence-corrected chi connectivity index (χ4v) is 3.43. The first-order chi connectivity index (χ1) is 12.3. The van der Waals surface area contributed by atoms with E-state index in [1.54, 1.807) is 12.1 Å². The first-order valence-corrected chi connectivity index (χ1v) is 9.40. The van der Waals surface area contributed by atoms with Gasteiger partial charge in [-0.05, 0) is 43.4 Å². The summed E-state index contributed by atoms with van der Waals surface area (Å²) in [5.74, 6) is 1.97. The van der Waals surface area contributed by atoms with Crippen LogP contribution in [0.3, 0.4) is 0 Å². The van der Waals surface area contributed by atoms with Crippen LogP contribution in [0.1, 0.15) is 62.1 Å². The molecule has 5 heteroatoms. The van der Waals surface area contributed by atoms with Crippen molar-refractivity contribution in [2.75, 3.05) is 10.6 Å². The van der Waals surface area contributed by atoms with E-state index in [9.17, 15) is 4.39 Å². The second-order valence-corrected chi connectivity index (χ2v) is 7.24. The molecule has 1 aromatic carbocycles. The molecule has 0 atom stereocenters. The molecule has 0 bridgehead atoms. The predicted molar refractivity (Wildman–Crippen MR) is 98.2 cm³/mol. The normalized spacial score (nSPS) is 18.1. The number of halogens is 1. The Labute approximate surface area is 148 Å². The molecule has 2 aliphatic carbocycles. The van der Waals surface area contributed by atoms with E-state index in [-0.39, 0.29) is 5.82 Å². The topological polar surface area (TPSA) is 49.8 Å². The molecule has 25 heavy (non-hydrogen) atoms. The highest BCUT2D eigenvalue weighted by Crippen LogP contribution is 2.40. The lowest BCUT2D eigenvalue weighted by Crippen LogP contribution is -2.24. The van der Waals surface area contributed by atoms with Gasteiger partial charge >= 0.3 is 0 Å². The van der Waals surface area contributed by atoms with Crippen LogP contribution in [0.4, 0.5) is 16.2 Å². The Morgan fingerprint density at radius 2 is 1.72 bits per heavy atom. The van der Waals surface area contributed by atoms with Crippen molar-refractivity contribution in [3.8, 4) is 0 Å². The van der Waals surface area contributed by atoms with Gasteiger partial charge < -0.3 is 10.6 Å². The number of nitrogens with zero attached hydrogens (tertiary/aromatic N) is 2. The average Bonchev–Trinajstić information content (AvgIpc) is 3.47. The van der Waals surface area contributed by atoms with Crippen molar-refractivity contribution in [2.24, 2.45) is 0 Å². The van der Waals surface area contributed by atoms with E-state index in [0.717, 1.165) is 23.0 Å². The first kappa shape index (κ1) is 16.3. The lowest BCUT2D eigenvalue weighted by molar-refractivity contribution is 0.460. The summed E-state index contributed by atoms with van der Waals surface area (Å²) >= 11 is 0. The van der Waals surface area contributed by atoms with Crippen LogP contribution >= 0.6 is 0 Å². The van der Waals surface area contributed by atoms with Crippen molar-refractivity contribution in [3.05, 3.63) is 47.4 Å². The molecular formula is C20H25FN4. The Bertz CT molecular complexity index is 706. The van der Waals surface area contributed by atoms with E-state index < -0.39 is 0 Å². The van der Waals surface area contributed by atoms with Gasteiger partial charge in [-0.2, -0.15) is 4.98 Å². The van der Waals surface area contributed by atoms with Crippen LogP contribution in [0, 0.1) is 5.82 Å². The quantitative estimate of drug-likeness (QED) is 0.789. The summed E-state index contributed by atoms with van der Waals surface area (Å²) in [7, 11) is 0. The number of nitrogens with one attached hydrogen (secondary N) is 2. The van der Waals surface area contributed by atoms with Gasteiger partial charge in [0.25, 0.3) is 0 Å². The number of aromatic nitrogens is 2. The summed E-state index contributed by atoms with van der Waals surface area (Å²) in [6, 6.07) is 9.13. The highest BCUT2D eigenvalue weighted by Gasteiger charge is 2.26. The van der Waals surface area contributed by atoms with E-state index >= 15 is 0 Å². The fraction of sp³-hybridized carbons (Fsp3) is 0.500. The van der Waals surface area contributed by atoms with Gasteiger partial charge in [-0.1, -0.05) is 31.4 Å². The second-order valence-electron chi connectivity index (χ2n) is 7.24. The summed E-state index contributed by atoms with van der Waals surface area (Å²) in [6.45, 7) is 0.629. The lowest BCUT2D eigenvalue weighted by Gasteiger charge is -2.23. The monoisotopic (exact) mass is 340 g/mol. The van der Waals surface area contributed by atoms with E-state index in [0.29, 0.717) is 18.5 Å². The molecule has 2 N–H and O–H groups in total. The molecule has 2 saturated carbocycles. The molecule has 132 valence electrons. The van der Waals surface area contributed by atoms with Crippen LogP contribution in [-0.4, -0.2) is 16.0 Å². The third-order valence-electron chi connectivity index (χ3n) is 5.07. The third kappa shape index (κ3) is 4.47. The van der Waals surface area contributed by atoms with Gasteiger partial charge in [0, 0.05) is 24.6 Å². The highest BCUT2D eigenvalue weighted by atomic mass is 19.1. The Kier molecular flexibility index (Phi) is 4.81. The SMILES string of the molecule is Fc1ccc(CNc2cc(C3CC3)nc(NC3CCCCC3)n2)cc1. The summed E-state index contributed by atoms with van der Waals surface area (Å²) in [6.07, 6.45) is 8.76. The van der Waals surface area contributed by atoms with Gasteiger partial charge in [-0.15, -0.1) is 0 Å². The minimum atomic E-state index is -0.208. The number of hydrogen-bond donors (Lipinski definition) is 2. The van der Waals surface area contributed by atoms with E-state index in [4.69, 9.17) is 4.98 Å². The molecule has 0 spiro atoms. The van der Waals surface area contributed by atoms with Gasteiger partial charge in [0.2, 0.25) is 5.95 Å². The number of benzene rings is 1. The zero-order chi connectivity index (χ0) is 17.1. The van der Waals surface area contributed by atoms with Gasteiger partial charge in [0.05, 0.1) is 5.69 Å². The van der Waals surface area contributed by atoms with Crippen molar-refractivity contribution >= 4 is 11.8 Å². The standard InChI is InChI=1S/C20H25FN4/c21-16-10-6-14(7-11-16)13-22-19-12-18(15-8-9-15)24-20(25-19)23-17-4-2-1-3-5-17/h6-7,10-12,15,17H,1-5,8-9,13H2,(H2,22,23,24,25). The van der Waals surface area contributed by atoms with Crippen molar-refractivity contribution in [1.29, 1.82) is 0 Å². The van der Waals surface area contributed by atoms with Crippen molar-refractivity contribution in [3.63, 3.8) is 0 Å². The fourth-order valence-electron chi connectivity index (χ4n) is 3.43. The Hall–Kier alpha value is -2.17. The molecule has 4 rings (SSSR count). The minimum absolute atomic E-state index is 0.208. The maximum Gasteiger partial charge on any atom is 0.225 e.